The van der Waals surface area contributed by atoms with Crippen molar-refractivity contribution < 1.29 is 36.4 Å². The van der Waals surface area contributed by atoms with Crippen LogP contribution in [-0.4, -0.2) is 53.4 Å². The number of amides is 1. The fourth-order valence-corrected chi connectivity index (χ4v) is 4.56. The number of carbonyl (C=O) groups is 1. The number of ether oxygens (including phenoxy) is 1. The zero-order valence-electron chi connectivity index (χ0n) is 21.5. The summed E-state index contributed by atoms with van der Waals surface area (Å²) in [6, 6.07) is 15.1. The van der Waals surface area contributed by atoms with E-state index in [1.54, 1.807) is 35.2 Å². The third-order valence-corrected chi connectivity index (χ3v) is 6.64. The molecule has 9 nitrogen and oxygen atoms in total. The molecule has 2 heterocycles. The number of alkyl halides is 3. The van der Waals surface area contributed by atoms with Gasteiger partial charge >= 0.3 is 6.18 Å². The van der Waals surface area contributed by atoms with Gasteiger partial charge in [-0.15, -0.1) is 0 Å². The molecule has 214 valence electrons. The van der Waals surface area contributed by atoms with E-state index >= 15 is 0 Å². The van der Waals surface area contributed by atoms with Crippen molar-refractivity contribution in [2.75, 3.05) is 38.1 Å². The Morgan fingerprint density at radius 1 is 0.976 bits per heavy atom. The van der Waals surface area contributed by atoms with Gasteiger partial charge in [0.15, 0.2) is 6.61 Å². The van der Waals surface area contributed by atoms with E-state index in [0.29, 0.717) is 61.2 Å². The molecule has 0 aliphatic carbocycles. The van der Waals surface area contributed by atoms with Gasteiger partial charge in [0.2, 0.25) is 0 Å². The summed E-state index contributed by atoms with van der Waals surface area (Å²) in [6.07, 6.45) is -4.88. The second-order valence-electron chi connectivity index (χ2n) is 9.48. The van der Waals surface area contributed by atoms with E-state index in [2.05, 4.69) is 10.2 Å². The smallest absolute Gasteiger partial charge is 0.423 e. The molecule has 5 rings (SSSR count). The van der Waals surface area contributed by atoms with Crippen LogP contribution in [0.15, 0.2) is 71.1 Å². The van der Waals surface area contributed by atoms with Crippen LogP contribution in [0.4, 0.5) is 34.6 Å². The molecule has 0 atom stereocenters. The molecule has 0 spiro atoms. The second kappa shape index (κ2) is 11.5. The average molecular weight is 573 g/mol. The number of nitrogens with zero attached hydrogens (tertiary/aromatic N) is 3. The highest BCUT2D eigenvalue weighted by Crippen LogP contribution is 2.38. The number of rotatable bonds is 8. The molecule has 0 unspecified atom stereocenters. The lowest BCUT2D eigenvalue weighted by atomic mass is 10.1. The standard InChI is InChI=1S/C28H24F4N4O5/c29-19-1-8-26-18(13-19)14-23(41-26)16-34-9-11-35(12-10-34)27(37)17-40-22-5-2-20(3-6-22)33-21-4-7-25(36(38)39)24(15-21)28(30,31)32/h1-8,13-15,33H,9-12,16-17H2. The van der Waals surface area contributed by atoms with E-state index in [9.17, 15) is 32.5 Å². The van der Waals surface area contributed by atoms with Crippen molar-refractivity contribution in [2.24, 2.45) is 0 Å². The number of anilines is 2. The Kier molecular flexibility index (Phi) is 7.79. The van der Waals surface area contributed by atoms with Crippen LogP contribution in [-0.2, 0) is 17.5 Å². The minimum absolute atomic E-state index is 0.0279. The Hall–Kier alpha value is -4.65. The zero-order chi connectivity index (χ0) is 29.1. The molecular formula is C28H24F4N4O5. The SMILES string of the molecule is O=C(COc1ccc(Nc2ccc([N+](=O)[O-])c(C(F)(F)F)c2)cc1)N1CCN(Cc2cc3cc(F)ccc3o2)CC1. The molecule has 3 aromatic carbocycles. The van der Waals surface area contributed by atoms with Crippen LogP contribution in [0.2, 0.25) is 0 Å². The van der Waals surface area contributed by atoms with Crippen LogP contribution >= 0.6 is 0 Å². The number of nitro groups is 1. The average Bonchev–Trinajstić information content (AvgIpc) is 3.33. The van der Waals surface area contributed by atoms with Gasteiger partial charge in [-0.25, -0.2) is 4.39 Å². The van der Waals surface area contributed by atoms with Crippen molar-refractivity contribution in [1.29, 1.82) is 0 Å². The normalized spacial score (nSPS) is 14.3. The van der Waals surface area contributed by atoms with Gasteiger partial charge in [0.05, 0.1) is 11.5 Å². The minimum atomic E-state index is -4.88. The van der Waals surface area contributed by atoms with Crippen molar-refractivity contribution in [2.45, 2.75) is 12.7 Å². The number of hydrogen-bond acceptors (Lipinski definition) is 7. The van der Waals surface area contributed by atoms with Crippen LogP contribution < -0.4 is 10.1 Å². The Morgan fingerprint density at radius 3 is 2.37 bits per heavy atom. The maximum Gasteiger partial charge on any atom is 0.423 e. The van der Waals surface area contributed by atoms with Crippen LogP contribution in [0.3, 0.4) is 0 Å². The molecule has 1 aliphatic heterocycles. The lowest BCUT2D eigenvalue weighted by Gasteiger charge is -2.34. The fraction of sp³-hybridized carbons (Fsp3) is 0.250. The van der Waals surface area contributed by atoms with Gasteiger partial charge in [0.25, 0.3) is 11.6 Å². The van der Waals surface area contributed by atoms with Crippen molar-refractivity contribution in [3.05, 3.63) is 94.0 Å². The first kappa shape index (κ1) is 27.9. The number of fused-ring (bicyclic) bond motifs is 1. The van der Waals surface area contributed by atoms with E-state index in [0.717, 1.165) is 11.8 Å². The van der Waals surface area contributed by atoms with Crippen LogP contribution in [0.25, 0.3) is 11.0 Å². The lowest BCUT2D eigenvalue weighted by molar-refractivity contribution is -0.388. The van der Waals surface area contributed by atoms with E-state index in [4.69, 9.17) is 9.15 Å². The summed E-state index contributed by atoms with van der Waals surface area (Å²) < 4.78 is 64.5. The lowest BCUT2D eigenvalue weighted by Crippen LogP contribution is -2.49. The van der Waals surface area contributed by atoms with Gasteiger partial charge in [0, 0.05) is 49.0 Å². The van der Waals surface area contributed by atoms with E-state index < -0.39 is 22.4 Å². The molecule has 4 aromatic rings. The minimum Gasteiger partial charge on any atom is -0.484 e. The molecule has 1 aromatic heterocycles. The highest BCUT2D eigenvalue weighted by atomic mass is 19.4. The largest absolute Gasteiger partial charge is 0.484 e. The Bertz CT molecular complexity index is 1560. The number of carbonyl (C=O) groups excluding carboxylic acids is 1. The highest BCUT2D eigenvalue weighted by molar-refractivity contribution is 5.78. The molecule has 13 heteroatoms. The molecule has 0 radical (unpaired) electrons. The number of nitrogens with one attached hydrogen (secondary N) is 1. The van der Waals surface area contributed by atoms with E-state index in [-0.39, 0.29) is 24.0 Å². The summed E-state index contributed by atoms with van der Waals surface area (Å²) in [4.78, 5) is 26.4. The topological polar surface area (TPSA) is 101 Å². The molecule has 1 aliphatic rings. The molecular weight excluding hydrogens is 548 g/mol. The van der Waals surface area contributed by atoms with Gasteiger partial charge in [0.1, 0.15) is 28.5 Å². The van der Waals surface area contributed by atoms with Crippen molar-refractivity contribution in [3.8, 4) is 5.75 Å². The van der Waals surface area contributed by atoms with Crippen molar-refractivity contribution in [1.82, 2.24) is 9.80 Å². The Balaban J connectivity index is 1.09. The molecule has 1 fully saturated rings. The first-order valence-electron chi connectivity index (χ1n) is 12.6. The van der Waals surface area contributed by atoms with Gasteiger partial charge in [-0.1, -0.05) is 0 Å². The predicted molar refractivity (Wildman–Crippen MR) is 141 cm³/mol. The number of furan rings is 1. The predicted octanol–water partition coefficient (Wildman–Crippen LogP) is 5.97. The summed E-state index contributed by atoms with van der Waals surface area (Å²) in [5, 5.41) is 14.4. The molecule has 1 amide bonds. The summed E-state index contributed by atoms with van der Waals surface area (Å²) in [7, 11) is 0. The van der Waals surface area contributed by atoms with E-state index in [1.807, 2.05) is 6.07 Å². The molecule has 0 saturated carbocycles. The van der Waals surface area contributed by atoms with Gasteiger partial charge in [-0.3, -0.25) is 19.8 Å². The maximum absolute atomic E-state index is 13.4. The Morgan fingerprint density at radius 2 is 1.68 bits per heavy atom. The number of hydrogen-bond donors (Lipinski definition) is 1. The maximum atomic E-state index is 13.4. The molecule has 1 N–H and O–H groups in total. The van der Waals surface area contributed by atoms with Crippen molar-refractivity contribution >= 4 is 33.9 Å². The van der Waals surface area contributed by atoms with E-state index in [1.165, 1.54) is 18.2 Å². The third-order valence-electron chi connectivity index (χ3n) is 6.64. The van der Waals surface area contributed by atoms with Gasteiger partial charge < -0.3 is 19.4 Å². The third kappa shape index (κ3) is 6.74. The van der Waals surface area contributed by atoms with Gasteiger partial charge in [-0.2, -0.15) is 13.2 Å². The first-order chi connectivity index (χ1) is 19.5. The summed E-state index contributed by atoms with van der Waals surface area (Å²) in [5.74, 6) is 0.609. The number of halogens is 4. The fourth-order valence-electron chi connectivity index (χ4n) is 4.56. The first-order valence-corrected chi connectivity index (χ1v) is 12.6. The van der Waals surface area contributed by atoms with Crippen LogP contribution in [0.1, 0.15) is 11.3 Å². The van der Waals surface area contributed by atoms with Crippen LogP contribution in [0, 0.1) is 15.9 Å². The number of nitro benzene ring substituents is 1. The zero-order valence-corrected chi connectivity index (χ0v) is 21.5. The highest BCUT2D eigenvalue weighted by Gasteiger charge is 2.38. The molecule has 41 heavy (non-hydrogen) atoms. The summed E-state index contributed by atoms with van der Waals surface area (Å²) in [6.45, 7) is 2.66. The molecule has 1 saturated heterocycles. The monoisotopic (exact) mass is 572 g/mol. The quantitative estimate of drug-likeness (QED) is 0.158. The number of piperazine rings is 1. The number of benzene rings is 3. The summed E-state index contributed by atoms with van der Waals surface area (Å²) in [5.41, 5.74) is -1.30. The Labute approximate surface area is 231 Å². The van der Waals surface area contributed by atoms with Gasteiger partial charge in [-0.05, 0) is 60.7 Å². The van der Waals surface area contributed by atoms with Crippen molar-refractivity contribution in [3.63, 3.8) is 0 Å². The van der Waals surface area contributed by atoms with Crippen LogP contribution in [0.5, 0.6) is 5.75 Å². The molecule has 0 bridgehead atoms. The second-order valence-corrected chi connectivity index (χ2v) is 9.48. The summed E-state index contributed by atoms with van der Waals surface area (Å²) >= 11 is 0.